The summed E-state index contributed by atoms with van der Waals surface area (Å²) in [6, 6.07) is 0. The molecule has 4 nitrogen and oxygen atoms in total. The number of piperazine rings is 1. The molecule has 0 unspecified atom stereocenters. The Bertz CT molecular complexity index is 288. The number of likely N-dealkylation sites (tertiary alicyclic amines) is 1. The molecule has 2 aliphatic rings. The highest BCUT2D eigenvalue weighted by molar-refractivity contribution is 5.76. The number of carbonyl (C=O) groups is 1. The Hall–Kier alpha value is -0.610. The van der Waals surface area contributed by atoms with Gasteiger partial charge in [0.05, 0.1) is 0 Å². The van der Waals surface area contributed by atoms with Crippen molar-refractivity contribution in [3.8, 4) is 0 Å². The van der Waals surface area contributed by atoms with Crippen molar-refractivity contribution in [2.24, 2.45) is 5.41 Å². The van der Waals surface area contributed by atoms with Crippen molar-refractivity contribution >= 4 is 5.91 Å². The van der Waals surface area contributed by atoms with E-state index in [2.05, 4.69) is 29.0 Å². The highest BCUT2D eigenvalue weighted by atomic mass is 16.2. The number of amides is 1. The Labute approximate surface area is 117 Å². The number of nitrogens with one attached hydrogen (secondary N) is 1. The van der Waals surface area contributed by atoms with Crippen LogP contribution in [0.4, 0.5) is 0 Å². The van der Waals surface area contributed by atoms with Crippen LogP contribution in [-0.4, -0.2) is 61.5 Å². The van der Waals surface area contributed by atoms with Crippen molar-refractivity contribution in [2.75, 3.05) is 45.8 Å². The molecule has 2 rings (SSSR count). The van der Waals surface area contributed by atoms with Gasteiger partial charge < -0.3 is 15.1 Å². The fourth-order valence-electron chi connectivity index (χ4n) is 2.91. The van der Waals surface area contributed by atoms with Gasteiger partial charge in [0, 0.05) is 45.7 Å². The summed E-state index contributed by atoms with van der Waals surface area (Å²) in [5.74, 6) is 0.366. The zero-order chi connectivity index (χ0) is 13.7. The molecule has 1 amide bonds. The molecule has 2 heterocycles. The van der Waals surface area contributed by atoms with Gasteiger partial charge in [-0.25, -0.2) is 0 Å². The lowest BCUT2D eigenvalue weighted by atomic mass is 9.82. The molecular formula is C15H29N3O. The van der Waals surface area contributed by atoms with Crippen molar-refractivity contribution in [3.63, 3.8) is 0 Å². The Balaban J connectivity index is 1.62. The monoisotopic (exact) mass is 267 g/mol. The number of rotatable bonds is 4. The quantitative estimate of drug-likeness (QED) is 0.834. The summed E-state index contributed by atoms with van der Waals surface area (Å²) in [5.41, 5.74) is 0.428. The van der Waals surface area contributed by atoms with Gasteiger partial charge in [0.15, 0.2) is 0 Å². The van der Waals surface area contributed by atoms with Gasteiger partial charge in [-0.1, -0.05) is 13.8 Å². The van der Waals surface area contributed by atoms with Gasteiger partial charge >= 0.3 is 0 Å². The summed E-state index contributed by atoms with van der Waals surface area (Å²) in [5, 5.41) is 3.36. The zero-order valence-corrected chi connectivity index (χ0v) is 12.6. The van der Waals surface area contributed by atoms with E-state index in [-0.39, 0.29) is 0 Å². The predicted octanol–water partition coefficient (Wildman–Crippen LogP) is 1.32. The third-order valence-corrected chi connectivity index (χ3v) is 4.54. The van der Waals surface area contributed by atoms with Gasteiger partial charge in [-0.05, 0) is 31.2 Å². The molecule has 0 aromatic rings. The van der Waals surface area contributed by atoms with Crippen LogP contribution in [0.3, 0.4) is 0 Å². The van der Waals surface area contributed by atoms with Gasteiger partial charge in [-0.2, -0.15) is 0 Å². The Morgan fingerprint density at radius 1 is 1.11 bits per heavy atom. The first-order valence-electron chi connectivity index (χ1n) is 7.78. The molecule has 4 heteroatoms. The Morgan fingerprint density at radius 2 is 1.74 bits per heavy atom. The van der Waals surface area contributed by atoms with Crippen LogP contribution in [0.15, 0.2) is 0 Å². The summed E-state index contributed by atoms with van der Waals surface area (Å²) in [6.07, 6.45) is 4.04. The minimum Gasteiger partial charge on any atom is -0.343 e. The number of hydrogen-bond donors (Lipinski definition) is 1. The average Bonchev–Trinajstić information content (AvgIpc) is 2.39. The van der Waals surface area contributed by atoms with Gasteiger partial charge in [0.25, 0.3) is 0 Å². The van der Waals surface area contributed by atoms with E-state index in [1.807, 2.05) is 0 Å². The lowest BCUT2D eigenvalue weighted by Crippen LogP contribution is -2.44. The first kappa shape index (κ1) is 14.8. The molecule has 2 saturated heterocycles. The molecule has 0 saturated carbocycles. The topological polar surface area (TPSA) is 35.6 Å². The lowest BCUT2D eigenvalue weighted by Gasteiger charge is -2.37. The molecule has 0 aliphatic carbocycles. The SMILES string of the molecule is CC1(C)CCN(C(=O)CCCN2CCNCC2)CC1. The average molecular weight is 267 g/mol. The van der Waals surface area contributed by atoms with E-state index in [9.17, 15) is 4.79 Å². The number of hydrogen-bond acceptors (Lipinski definition) is 3. The van der Waals surface area contributed by atoms with Gasteiger partial charge in [-0.3, -0.25) is 4.79 Å². The van der Waals surface area contributed by atoms with E-state index in [1.54, 1.807) is 0 Å². The maximum atomic E-state index is 12.1. The van der Waals surface area contributed by atoms with E-state index in [1.165, 1.54) is 0 Å². The molecule has 2 fully saturated rings. The number of nitrogens with zero attached hydrogens (tertiary/aromatic N) is 2. The Morgan fingerprint density at radius 3 is 2.37 bits per heavy atom. The van der Waals surface area contributed by atoms with Crippen LogP contribution in [-0.2, 0) is 4.79 Å². The summed E-state index contributed by atoms with van der Waals surface area (Å²) in [4.78, 5) is 16.7. The molecule has 0 bridgehead atoms. The highest BCUT2D eigenvalue weighted by Crippen LogP contribution is 2.29. The van der Waals surface area contributed by atoms with Crippen molar-refractivity contribution in [1.29, 1.82) is 0 Å². The van der Waals surface area contributed by atoms with Crippen molar-refractivity contribution in [1.82, 2.24) is 15.1 Å². The number of carbonyl (C=O) groups excluding carboxylic acids is 1. The van der Waals surface area contributed by atoms with Crippen molar-refractivity contribution < 1.29 is 4.79 Å². The fraction of sp³-hybridized carbons (Fsp3) is 0.933. The minimum atomic E-state index is 0.366. The molecular weight excluding hydrogens is 238 g/mol. The molecule has 0 aromatic heterocycles. The van der Waals surface area contributed by atoms with Crippen LogP contribution < -0.4 is 5.32 Å². The summed E-state index contributed by atoms with van der Waals surface area (Å²) >= 11 is 0. The van der Waals surface area contributed by atoms with Crippen LogP contribution >= 0.6 is 0 Å². The smallest absolute Gasteiger partial charge is 0.222 e. The first-order valence-corrected chi connectivity index (χ1v) is 7.78. The maximum Gasteiger partial charge on any atom is 0.222 e. The van der Waals surface area contributed by atoms with Crippen LogP contribution in [0, 0.1) is 5.41 Å². The normalized spacial score (nSPS) is 24.4. The van der Waals surface area contributed by atoms with Gasteiger partial charge in [-0.15, -0.1) is 0 Å². The molecule has 19 heavy (non-hydrogen) atoms. The molecule has 0 atom stereocenters. The molecule has 1 N–H and O–H groups in total. The van der Waals surface area contributed by atoms with E-state index >= 15 is 0 Å². The van der Waals surface area contributed by atoms with Crippen LogP contribution in [0.25, 0.3) is 0 Å². The third kappa shape index (κ3) is 4.77. The number of piperidine rings is 1. The molecule has 0 spiro atoms. The maximum absolute atomic E-state index is 12.1. The van der Waals surface area contributed by atoms with Crippen molar-refractivity contribution in [3.05, 3.63) is 0 Å². The summed E-state index contributed by atoms with van der Waals surface area (Å²) in [6.45, 7) is 12.0. The Kier molecular flexibility index (Phi) is 5.22. The molecule has 110 valence electrons. The molecule has 0 aromatic carbocycles. The zero-order valence-electron chi connectivity index (χ0n) is 12.6. The second kappa shape index (κ2) is 6.71. The van der Waals surface area contributed by atoms with Crippen LogP contribution in [0.2, 0.25) is 0 Å². The lowest BCUT2D eigenvalue weighted by molar-refractivity contribution is -0.133. The standard InChI is InChI=1S/C15H29N3O/c1-15(2)5-10-18(11-6-15)14(19)4-3-9-17-12-7-16-8-13-17/h16H,3-13H2,1-2H3. The first-order chi connectivity index (χ1) is 9.07. The van der Waals surface area contributed by atoms with E-state index in [4.69, 9.17) is 0 Å². The molecule has 0 radical (unpaired) electrons. The second-order valence-corrected chi connectivity index (χ2v) is 6.74. The largest absolute Gasteiger partial charge is 0.343 e. The second-order valence-electron chi connectivity index (χ2n) is 6.74. The van der Waals surface area contributed by atoms with Crippen molar-refractivity contribution in [2.45, 2.75) is 39.5 Å². The van der Waals surface area contributed by atoms with E-state index in [0.717, 1.165) is 71.5 Å². The van der Waals surface area contributed by atoms with Crippen LogP contribution in [0.1, 0.15) is 39.5 Å². The molecule has 2 aliphatic heterocycles. The van der Waals surface area contributed by atoms with Crippen LogP contribution in [0.5, 0.6) is 0 Å². The van der Waals surface area contributed by atoms with E-state index < -0.39 is 0 Å². The van der Waals surface area contributed by atoms with Gasteiger partial charge in [0.2, 0.25) is 5.91 Å². The minimum absolute atomic E-state index is 0.366. The predicted molar refractivity (Wildman–Crippen MR) is 78.1 cm³/mol. The van der Waals surface area contributed by atoms with Gasteiger partial charge in [0.1, 0.15) is 0 Å². The van der Waals surface area contributed by atoms with E-state index in [0.29, 0.717) is 11.3 Å². The third-order valence-electron chi connectivity index (χ3n) is 4.54. The highest BCUT2D eigenvalue weighted by Gasteiger charge is 2.27. The fourth-order valence-corrected chi connectivity index (χ4v) is 2.91. The summed E-state index contributed by atoms with van der Waals surface area (Å²) < 4.78 is 0. The summed E-state index contributed by atoms with van der Waals surface area (Å²) in [7, 11) is 0.